The Morgan fingerprint density at radius 1 is 1.25 bits per heavy atom. The number of aliphatic hydroxyl groups excluding tert-OH is 2. The van der Waals surface area contributed by atoms with E-state index in [1.807, 2.05) is 12.1 Å². The molecule has 0 saturated heterocycles. The van der Waals surface area contributed by atoms with Crippen LogP contribution < -0.4 is 0 Å². The molecule has 0 spiro atoms. The number of hydrogen-bond acceptors (Lipinski definition) is 3. The van der Waals surface area contributed by atoms with Crippen LogP contribution in [-0.2, 0) is 6.42 Å². The van der Waals surface area contributed by atoms with E-state index in [2.05, 4.69) is 6.92 Å². The van der Waals surface area contributed by atoms with Crippen molar-refractivity contribution >= 4 is 0 Å². The maximum atomic E-state index is 10.3. The SMILES string of the molecule is CC12CCC3c4cc(O)ccc4CC3C1CC(O)C2O. The van der Waals surface area contributed by atoms with Crippen LogP contribution in [0.5, 0.6) is 5.75 Å². The summed E-state index contributed by atoms with van der Waals surface area (Å²) in [5.41, 5.74) is 2.51. The number of aliphatic hydroxyl groups is 2. The molecule has 1 aromatic rings. The lowest BCUT2D eigenvalue weighted by molar-refractivity contribution is -0.0465. The lowest BCUT2D eigenvalue weighted by Gasteiger charge is -2.45. The minimum atomic E-state index is -0.578. The fourth-order valence-electron chi connectivity index (χ4n) is 5.31. The molecule has 2 saturated carbocycles. The molecule has 0 radical (unpaired) electrons. The van der Waals surface area contributed by atoms with Gasteiger partial charge in [-0.1, -0.05) is 13.0 Å². The Labute approximate surface area is 119 Å². The minimum Gasteiger partial charge on any atom is -0.508 e. The smallest absolute Gasteiger partial charge is 0.115 e. The first-order valence-corrected chi connectivity index (χ1v) is 7.68. The normalized spacial score (nSPS) is 45.9. The largest absolute Gasteiger partial charge is 0.508 e. The van der Waals surface area contributed by atoms with Crippen molar-refractivity contribution in [2.45, 2.75) is 50.7 Å². The Morgan fingerprint density at radius 2 is 2.05 bits per heavy atom. The van der Waals surface area contributed by atoms with Crippen molar-refractivity contribution in [1.29, 1.82) is 0 Å². The van der Waals surface area contributed by atoms with E-state index in [9.17, 15) is 15.3 Å². The van der Waals surface area contributed by atoms with Crippen LogP contribution in [0.1, 0.15) is 43.2 Å². The van der Waals surface area contributed by atoms with Crippen LogP contribution in [0.15, 0.2) is 18.2 Å². The highest BCUT2D eigenvalue weighted by atomic mass is 16.3. The maximum absolute atomic E-state index is 10.3. The number of rotatable bonds is 0. The van der Waals surface area contributed by atoms with E-state index in [0.717, 1.165) is 25.7 Å². The Bertz CT molecular complexity index is 555. The van der Waals surface area contributed by atoms with E-state index in [0.29, 0.717) is 23.5 Å². The first-order chi connectivity index (χ1) is 9.50. The zero-order chi connectivity index (χ0) is 14.1. The van der Waals surface area contributed by atoms with Crippen LogP contribution in [-0.4, -0.2) is 27.5 Å². The van der Waals surface area contributed by atoms with E-state index in [-0.39, 0.29) is 5.41 Å². The van der Waals surface area contributed by atoms with E-state index in [1.54, 1.807) is 6.07 Å². The standard InChI is InChI=1S/C17H22O3/c1-17-5-4-11-12-7-10(18)3-2-9(12)6-13(11)14(17)8-15(19)16(17)20/h2-3,7,11,13-16,18-20H,4-6,8H2,1H3. The summed E-state index contributed by atoms with van der Waals surface area (Å²) in [6, 6.07) is 5.74. The Morgan fingerprint density at radius 3 is 2.85 bits per heavy atom. The molecule has 0 bridgehead atoms. The number of hydrogen-bond donors (Lipinski definition) is 3. The van der Waals surface area contributed by atoms with Crippen LogP contribution in [0, 0.1) is 17.3 Å². The van der Waals surface area contributed by atoms with Gasteiger partial charge in [0.2, 0.25) is 0 Å². The Hall–Kier alpha value is -1.06. The second-order valence-corrected chi connectivity index (χ2v) is 7.26. The number of benzene rings is 1. The molecule has 3 aliphatic rings. The van der Waals surface area contributed by atoms with Gasteiger partial charge in [0.1, 0.15) is 5.75 Å². The van der Waals surface area contributed by atoms with Gasteiger partial charge in [0.15, 0.2) is 0 Å². The highest BCUT2D eigenvalue weighted by Crippen LogP contribution is 2.61. The number of phenols is 1. The van der Waals surface area contributed by atoms with Crippen LogP contribution in [0.25, 0.3) is 0 Å². The summed E-state index contributed by atoms with van der Waals surface area (Å²) in [5, 5.41) is 30.2. The lowest BCUT2D eigenvalue weighted by atomic mass is 9.60. The predicted octanol–water partition coefficient (Wildman–Crippen LogP) is 2.19. The molecule has 6 atom stereocenters. The number of phenolic OH excluding ortho intramolecular Hbond substituents is 1. The second-order valence-electron chi connectivity index (χ2n) is 7.26. The molecular formula is C17H22O3. The van der Waals surface area contributed by atoms with Gasteiger partial charge in [-0.2, -0.15) is 0 Å². The molecule has 0 aliphatic heterocycles. The molecule has 2 fully saturated rings. The van der Waals surface area contributed by atoms with Gasteiger partial charge in [-0.15, -0.1) is 0 Å². The van der Waals surface area contributed by atoms with Gasteiger partial charge in [0.25, 0.3) is 0 Å². The van der Waals surface area contributed by atoms with Crippen molar-refractivity contribution in [2.24, 2.45) is 17.3 Å². The fourth-order valence-corrected chi connectivity index (χ4v) is 5.31. The van der Waals surface area contributed by atoms with Crippen molar-refractivity contribution in [3.63, 3.8) is 0 Å². The molecule has 108 valence electrons. The molecule has 3 aliphatic carbocycles. The third-order valence-corrected chi connectivity index (χ3v) is 6.39. The van der Waals surface area contributed by atoms with E-state index >= 15 is 0 Å². The van der Waals surface area contributed by atoms with Crippen LogP contribution in [0.3, 0.4) is 0 Å². The molecule has 6 unspecified atom stereocenters. The zero-order valence-electron chi connectivity index (χ0n) is 11.8. The van der Waals surface area contributed by atoms with Crippen molar-refractivity contribution in [3.8, 4) is 5.75 Å². The number of fused-ring (bicyclic) bond motifs is 5. The van der Waals surface area contributed by atoms with Crippen molar-refractivity contribution in [3.05, 3.63) is 29.3 Å². The van der Waals surface area contributed by atoms with Crippen LogP contribution in [0.2, 0.25) is 0 Å². The van der Waals surface area contributed by atoms with E-state index in [4.69, 9.17) is 0 Å². The molecule has 0 amide bonds. The fraction of sp³-hybridized carbons (Fsp3) is 0.647. The highest BCUT2D eigenvalue weighted by Gasteiger charge is 2.58. The minimum absolute atomic E-state index is 0.134. The molecule has 20 heavy (non-hydrogen) atoms. The van der Waals surface area contributed by atoms with Crippen molar-refractivity contribution < 1.29 is 15.3 Å². The molecule has 0 aromatic heterocycles. The van der Waals surface area contributed by atoms with Crippen molar-refractivity contribution in [2.75, 3.05) is 0 Å². The first kappa shape index (κ1) is 12.7. The Kier molecular flexibility index (Phi) is 2.52. The summed E-state index contributed by atoms with van der Waals surface area (Å²) in [5.74, 6) is 1.75. The third kappa shape index (κ3) is 1.48. The molecule has 3 nitrogen and oxygen atoms in total. The van der Waals surface area contributed by atoms with Crippen molar-refractivity contribution in [1.82, 2.24) is 0 Å². The molecule has 4 rings (SSSR count). The van der Waals surface area contributed by atoms with Gasteiger partial charge in [0, 0.05) is 0 Å². The van der Waals surface area contributed by atoms with Gasteiger partial charge >= 0.3 is 0 Å². The van der Waals surface area contributed by atoms with E-state index < -0.39 is 12.2 Å². The first-order valence-electron chi connectivity index (χ1n) is 7.68. The Balaban J connectivity index is 1.73. The molecule has 3 N–H and O–H groups in total. The summed E-state index contributed by atoms with van der Waals surface area (Å²) in [7, 11) is 0. The molecule has 3 heteroatoms. The van der Waals surface area contributed by atoms with Crippen LogP contribution >= 0.6 is 0 Å². The van der Waals surface area contributed by atoms with Gasteiger partial charge in [-0.3, -0.25) is 0 Å². The molecule has 0 heterocycles. The summed E-state index contributed by atoms with van der Waals surface area (Å²) >= 11 is 0. The van der Waals surface area contributed by atoms with Crippen LogP contribution in [0.4, 0.5) is 0 Å². The van der Waals surface area contributed by atoms with Gasteiger partial charge in [0.05, 0.1) is 12.2 Å². The van der Waals surface area contributed by atoms with Gasteiger partial charge < -0.3 is 15.3 Å². The maximum Gasteiger partial charge on any atom is 0.115 e. The molecular weight excluding hydrogens is 252 g/mol. The summed E-state index contributed by atoms with van der Waals surface area (Å²) in [4.78, 5) is 0. The lowest BCUT2D eigenvalue weighted by Crippen LogP contribution is -2.42. The number of aromatic hydroxyl groups is 1. The van der Waals surface area contributed by atoms with Gasteiger partial charge in [-0.25, -0.2) is 0 Å². The summed E-state index contributed by atoms with van der Waals surface area (Å²) < 4.78 is 0. The average molecular weight is 274 g/mol. The average Bonchev–Trinajstić information content (AvgIpc) is 2.88. The monoisotopic (exact) mass is 274 g/mol. The molecule has 1 aromatic carbocycles. The third-order valence-electron chi connectivity index (χ3n) is 6.39. The topological polar surface area (TPSA) is 60.7 Å². The zero-order valence-corrected chi connectivity index (χ0v) is 11.8. The predicted molar refractivity (Wildman–Crippen MR) is 75.5 cm³/mol. The summed E-state index contributed by atoms with van der Waals surface area (Å²) in [6.07, 6.45) is 2.62. The second kappa shape index (κ2) is 3.99. The quantitative estimate of drug-likeness (QED) is 0.679. The highest BCUT2D eigenvalue weighted by molar-refractivity contribution is 5.42. The van der Waals surface area contributed by atoms with Gasteiger partial charge in [-0.05, 0) is 72.1 Å². The van der Waals surface area contributed by atoms with E-state index in [1.165, 1.54) is 11.1 Å². The summed E-state index contributed by atoms with van der Waals surface area (Å²) in [6.45, 7) is 2.15.